The molecule has 0 fully saturated rings. The first-order valence-corrected chi connectivity index (χ1v) is 5.97. The number of rotatable bonds is 6. The van der Waals surface area contributed by atoms with Crippen LogP contribution in [0.2, 0.25) is 0 Å². The number of carboxylic acid groups (broad SMARTS) is 1. The third-order valence-electron chi connectivity index (χ3n) is 2.29. The van der Waals surface area contributed by atoms with E-state index < -0.39 is 17.9 Å². The highest BCUT2D eigenvalue weighted by Crippen LogP contribution is 1.97. The molecule has 7 heteroatoms. The number of amides is 1. The van der Waals surface area contributed by atoms with E-state index in [9.17, 15) is 14.7 Å². The molecule has 0 saturated heterocycles. The van der Waals surface area contributed by atoms with E-state index in [1.54, 1.807) is 0 Å². The summed E-state index contributed by atoms with van der Waals surface area (Å²) in [5, 5.41) is 16.2. The third kappa shape index (κ3) is 5.82. The molecule has 0 aliphatic heterocycles. The van der Waals surface area contributed by atoms with Crippen LogP contribution in [0.15, 0.2) is 30.3 Å². The molecule has 1 aromatic carbocycles. The van der Waals surface area contributed by atoms with Gasteiger partial charge in [-0.1, -0.05) is 30.3 Å². The molecule has 0 bridgehead atoms. The van der Waals surface area contributed by atoms with E-state index in [0.29, 0.717) is 6.54 Å². The van der Waals surface area contributed by atoms with Gasteiger partial charge in [0.2, 0.25) is 5.91 Å². The Hall–Kier alpha value is -2.15. The maximum atomic E-state index is 10.8. The van der Waals surface area contributed by atoms with Crippen molar-refractivity contribution in [3.63, 3.8) is 0 Å². The van der Waals surface area contributed by atoms with Gasteiger partial charge in [-0.15, -0.1) is 0 Å². The number of carboxylic acids is 1. The Morgan fingerprint density at radius 3 is 2.47 bits per heavy atom. The standard InChI is InChI=1S/C12H15N3O3S/c13-10(16)6-9(11(17)18)15-12(19)14-7-8-4-2-1-3-5-8/h1-5,9H,6-7H2,(H2,13,16)(H,17,18)(H2,14,15,19)/p-1/t9-/m1/s1. The van der Waals surface area contributed by atoms with E-state index in [-0.39, 0.29) is 11.5 Å². The predicted octanol–water partition coefficient (Wildman–Crippen LogP) is -1.36. The zero-order valence-electron chi connectivity index (χ0n) is 10.1. The monoisotopic (exact) mass is 280 g/mol. The second-order valence-corrected chi connectivity index (χ2v) is 4.26. The average Bonchev–Trinajstić information content (AvgIpc) is 2.36. The number of benzene rings is 1. The Bertz CT molecular complexity index is 465. The lowest BCUT2D eigenvalue weighted by atomic mass is 10.2. The number of nitrogens with one attached hydrogen (secondary N) is 2. The Kier molecular flexibility index (Phi) is 5.74. The van der Waals surface area contributed by atoms with Crippen molar-refractivity contribution in [3.8, 4) is 0 Å². The van der Waals surface area contributed by atoms with Crippen LogP contribution in [-0.2, 0) is 16.1 Å². The molecule has 0 aliphatic rings. The highest BCUT2D eigenvalue weighted by Gasteiger charge is 2.13. The fraction of sp³-hybridized carbons (Fsp3) is 0.250. The van der Waals surface area contributed by atoms with Gasteiger partial charge < -0.3 is 26.3 Å². The first-order chi connectivity index (χ1) is 8.99. The number of carbonyl (C=O) groups is 2. The molecule has 6 nitrogen and oxygen atoms in total. The van der Waals surface area contributed by atoms with Crippen molar-refractivity contribution in [1.82, 2.24) is 10.6 Å². The fourth-order valence-corrected chi connectivity index (χ4v) is 1.60. The molecular weight excluding hydrogens is 266 g/mol. The lowest BCUT2D eigenvalue weighted by molar-refractivity contribution is -0.308. The van der Waals surface area contributed by atoms with Gasteiger partial charge in [0.15, 0.2) is 5.11 Å². The van der Waals surface area contributed by atoms with E-state index >= 15 is 0 Å². The summed E-state index contributed by atoms with van der Waals surface area (Å²) in [5.41, 5.74) is 5.93. The van der Waals surface area contributed by atoms with Gasteiger partial charge in [0.25, 0.3) is 0 Å². The van der Waals surface area contributed by atoms with Crippen molar-refractivity contribution < 1.29 is 14.7 Å². The molecular formula is C12H14N3O3S-. The predicted molar refractivity (Wildman–Crippen MR) is 71.6 cm³/mol. The molecule has 1 atom stereocenters. The summed E-state index contributed by atoms with van der Waals surface area (Å²) in [7, 11) is 0. The number of hydrogen-bond acceptors (Lipinski definition) is 4. The first-order valence-electron chi connectivity index (χ1n) is 5.56. The van der Waals surface area contributed by atoms with Gasteiger partial charge in [-0.3, -0.25) is 4.79 Å². The SMILES string of the molecule is NC(=O)C[C@@H](NC(=S)NCc1ccccc1)C(=O)[O-]. The third-order valence-corrected chi connectivity index (χ3v) is 2.55. The van der Waals surface area contributed by atoms with Crippen molar-refractivity contribution in [3.05, 3.63) is 35.9 Å². The number of nitrogens with two attached hydrogens (primary N) is 1. The van der Waals surface area contributed by atoms with E-state index in [1.165, 1.54) is 0 Å². The second-order valence-electron chi connectivity index (χ2n) is 3.85. The zero-order valence-corrected chi connectivity index (χ0v) is 10.9. The van der Waals surface area contributed by atoms with Crippen LogP contribution in [0.5, 0.6) is 0 Å². The maximum absolute atomic E-state index is 10.8. The summed E-state index contributed by atoms with van der Waals surface area (Å²) in [6, 6.07) is 8.21. The molecule has 0 heterocycles. The van der Waals surface area contributed by atoms with Crippen molar-refractivity contribution in [2.45, 2.75) is 19.0 Å². The molecule has 0 unspecified atom stereocenters. The van der Waals surface area contributed by atoms with Crippen molar-refractivity contribution in [2.75, 3.05) is 0 Å². The van der Waals surface area contributed by atoms with Crippen LogP contribution in [0.25, 0.3) is 0 Å². The molecule has 1 rings (SSSR count). The van der Waals surface area contributed by atoms with E-state index in [4.69, 9.17) is 18.0 Å². The summed E-state index contributed by atoms with van der Waals surface area (Å²) < 4.78 is 0. The summed E-state index contributed by atoms with van der Waals surface area (Å²) in [6.45, 7) is 0.447. The van der Waals surface area contributed by atoms with Crippen LogP contribution in [0.4, 0.5) is 0 Å². The number of primary amides is 1. The quantitative estimate of drug-likeness (QED) is 0.556. The minimum atomic E-state index is -1.43. The lowest BCUT2D eigenvalue weighted by Gasteiger charge is -2.20. The molecule has 19 heavy (non-hydrogen) atoms. The number of hydrogen-bond donors (Lipinski definition) is 3. The molecule has 0 spiro atoms. The van der Waals surface area contributed by atoms with E-state index in [1.807, 2.05) is 30.3 Å². The number of carbonyl (C=O) groups excluding carboxylic acids is 2. The smallest absolute Gasteiger partial charge is 0.219 e. The summed E-state index contributed by atoms with van der Waals surface area (Å²) in [4.78, 5) is 21.5. The number of aliphatic carboxylic acids is 1. The largest absolute Gasteiger partial charge is 0.548 e. The minimum Gasteiger partial charge on any atom is -0.548 e. The van der Waals surface area contributed by atoms with Crippen molar-refractivity contribution >= 4 is 29.2 Å². The van der Waals surface area contributed by atoms with Crippen LogP contribution in [-0.4, -0.2) is 23.0 Å². The van der Waals surface area contributed by atoms with Gasteiger partial charge in [0, 0.05) is 6.54 Å². The highest BCUT2D eigenvalue weighted by molar-refractivity contribution is 7.80. The average molecular weight is 280 g/mol. The van der Waals surface area contributed by atoms with Crippen LogP contribution in [0.3, 0.4) is 0 Å². The second kappa shape index (κ2) is 7.32. The highest BCUT2D eigenvalue weighted by atomic mass is 32.1. The summed E-state index contributed by atoms with van der Waals surface area (Å²) in [5.74, 6) is -2.17. The number of thiocarbonyl (C=S) groups is 1. The Balaban J connectivity index is 2.45. The normalized spacial score (nSPS) is 11.4. The van der Waals surface area contributed by atoms with E-state index in [0.717, 1.165) is 5.56 Å². The van der Waals surface area contributed by atoms with Gasteiger partial charge in [-0.25, -0.2) is 0 Å². The van der Waals surface area contributed by atoms with Gasteiger partial charge >= 0.3 is 0 Å². The van der Waals surface area contributed by atoms with Crippen molar-refractivity contribution in [1.29, 1.82) is 0 Å². The molecule has 102 valence electrons. The fourth-order valence-electron chi connectivity index (χ4n) is 1.38. The Morgan fingerprint density at radius 1 is 1.32 bits per heavy atom. The van der Waals surface area contributed by atoms with Crippen molar-refractivity contribution in [2.24, 2.45) is 5.73 Å². The van der Waals surface area contributed by atoms with Crippen LogP contribution in [0.1, 0.15) is 12.0 Å². The van der Waals surface area contributed by atoms with Crippen LogP contribution < -0.4 is 21.5 Å². The molecule has 0 aromatic heterocycles. The summed E-state index contributed by atoms with van der Waals surface area (Å²) in [6.07, 6.45) is -0.379. The minimum absolute atomic E-state index is 0.124. The van der Waals surface area contributed by atoms with Gasteiger partial charge in [0.1, 0.15) is 0 Å². The molecule has 1 aromatic rings. The molecule has 1 amide bonds. The van der Waals surface area contributed by atoms with Crippen LogP contribution in [0, 0.1) is 0 Å². The zero-order chi connectivity index (χ0) is 14.3. The van der Waals surface area contributed by atoms with Gasteiger partial charge in [0.05, 0.1) is 18.4 Å². The van der Waals surface area contributed by atoms with E-state index in [2.05, 4.69) is 10.6 Å². The molecule has 4 N–H and O–H groups in total. The van der Waals surface area contributed by atoms with Gasteiger partial charge in [-0.2, -0.15) is 0 Å². The Morgan fingerprint density at radius 2 is 1.95 bits per heavy atom. The van der Waals surface area contributed by atoms with Gasteiger partial charge in [-0.05, 0) is 17.8 Å². The Labute approximate surface area is 116 Å². The molecule has 0 saturated carbocycles. The molecule has 0 radical (unpaired) electrons. The maximum Gasteiger partial charge on any atom is 0.219 e. The molecule has 0 aliphatic carbocycles. The topological polar surface area (TPSA) is 107 Å². The first kappa shape index (κ1) is 14.9. The summed E-state index contributed by atoms with van der Waals surface area (Å²) >= 11 is 4.94. The lowest BCUT2D eigenvalue weighted by Crippen LogP contribution is -2.52. The van der Waals surface area contributed by atoms with Crippen LogP contribution >= 0.6 is 12.2 Å².